The number of carbonyl (C=O) groups excluding carboxylic acids is 1. The van der Waals surface area contributed by atoms with Crippen LogP contribution < -0.4 is 5.32 Å². The Morgan fingerprint density at radius 2 is 1.96 bits per heavy atom. The average molecular weight is 344 g/mol. The van der Waals surface area contributed by atoms with E-state index in [9.17, 15) is 9.59 Å². The van der Waals surface area contributed by atoms with Gasteiger partial charge in [-0.15, -0.1) is 5.10 Å². The van der Waals surface area contributed by atoms with Crippen LogP contribution in [0.5, 0.6) is 0 Å². The largest absolute Gasteiger partial charge is 0.481 e. The zero-order valence-electron chi connectivity index (χ0n) is 13.9. The van der Waals surface area contributed by atoms with Gasteiger partial charge in [-0.25, -0.2) is 4.68 Å². The van der Waals surface area contributed by atoms with Crippen LogP contribution in [0, 0.1) is 6.92 Å². The summed E-state index contributed by atoms with van der Waals surface area (Å²) in [5.41, 5.74) is 1.26. The lowest BCUT2D eigenvalue weighted by atomic mass is 9.86. The van der Waals surface area contributed by atoms with Gasteiger partial charge in [0.15, 0.2) is 5.69 Å². The topological polar surface area (TPSA) is 106 Å². The van der Waals surface area contributed by atoms with Crippen LogP contribution in [0.1, 0.15) is 35.3 Å². The second-order valence-electron chi connectivity index (χ2n) is 6.30. The summed E-state index contributed by atoms with van der Waals surface area (Å²) >= 11 is 0. The van der Waals surface area contributed by atoms with Crippen molar-refractivity contribution in [2.75, 3.05) is 13.2 Å². The van der Waals surface area contributed by atoms with Crippen molar-refractivity contribution in [3.63, 3.8) is 0 Å². The first-order valence-corrected chi connectivity index (χ1v) is 8.09. The van der Waals surface area contributed by atoms with E-state index in [0.29, 0.717) is 26.1 Å². The van der Waals surface area contributed by atoms with Crippen LogP contribution in [0.25, 0.3) is 5.69 Å². The van der Waals surface area contributed by atoms with Crippen LogP contribution in [0.3, 0.4) is 0 Å². The second-order valence-corrected chi connectivity index (χ2v) is 6.30. The fourth-order valence-corrected chi connectivity index (χ4v) is 2.89. The molecule has 1 fully saturated rings. The van der Waals surface area contributed by atoms with Gasteiger partial charge < -0.3 is 15.2 Å². The SMILES string of the molecule is Cc1ccc(-n2cc(C(=O)NC3(CC(=O)O)CCOCC3)nn2)cc1. The Morgan fingerprint density at radius 1 is 1.28 bits per heavy atom. The lowest BCUT2D eigenvalue weighted by Crippen LogP contribution is -2.53. The quantitative estimate of drug-likeness (QED) is 0.847. The minimum Gasteiger partial charge on any atom is -0.481 e. The average Bonchev–Trinajstić information content (AvgIpc) is 3.05. The lowest BCUT2D eigenvalue weighted by Gasteiger charge is -2.36. The van der Waals surface area contributed by atoms with Crippen molar-refractivity contribution in [1.82, 2.24) is 20.3 Å². The highest BCUT2D eigenvalue weighted by molar-refractivity contribution is 5.92. The molecule has 1 aliphatic heterocycles. The molecule has 0 saturated carbocycles. The molecule has 0 aliphatic carbocycles. The molecule has 1 aromatic heterocycles. The van der Waals surface area contributed by atoms with E-state index < -0.39 is 17.4 Å². The molecule has 8 nitrogen and oxygen atoms in total. The Labute approximate surface area is 144 Å². The van der Waals surface area contributed by atoms with Crippen molar-refractivity contribution in [2.45, 2.75) is 31.7 Å². The molecule has 25 heavy (non-hydrogen) atoms. The maximum atomic E-state index is 12.5. The zero-order chi connectivity index (χ0) is 17.9. The minimum absolute atomic E-state index is 0.145. The number of aliphatic carboxylic acids is 1. The first kappa shape index (κ1) is 17.1. The molecule has 1 amide bonds. The molecule has 0 spiro atoms. The molecule has 0 atom stereocenters. The predicted molar refractivity (Wildman–Crippen MR) is 88.6 cm³/mol. The predicted octanol–water partition coefficient (Wildman–Crippen LogP) is 1.33. The van der Waals surface area contributed by atoms with Crippen LogP contribution in [-0.2, 0) is 9.53 Å². The number of nitrogens with one attached hydrogen (secondary N) is 1. The number of carboxylic acids is 1. The van der Waals surface area contributed by atoms with Gasteiger partial charge in [0.05, 0.1) is 23.8 Å². The van der Waals surface area contributed by atoms with Gasteiger partial charge >= 0.3 is 5.97 Å². The van der Waals surface area contributed by atoms with Crippen molar-refractivity contribution in [3.05, 3.63) is 41.7 Å². The summed E-state index contributed by atoms with van der Waals surface area (Å²) in [4.78, 5) is 23.7. The van der Waals surface area contributed by atoms with E-state index in [4.69, 9.17) is 9.84 Å². The van der Waals surface area contributed by atoms with Gasteiger partial charge in [0.2, 0.25) is 0 Å². The van der Waals surface area contributed by atoms with Crippen molar-refractivity contribution < 1.29 is 19.4 Å². The van der Waals surface area contributed by atoms with Crippen LogP contribution in [0.4, 0.5) is 0 Å². The number of aryl methyl sites for hydroxylation is 1. The smallest absolute Gasteiger partial charge is 0.305 e. The number of aromatic nitrogens is 3. The molecule has 1 saturated heterocycles. The third-order valence-corrected chi connectivity index (χ3v) is 4.34. The number of carbonyl (C=O) groups is 2. The maximum absolute atomic E-state index is 12.5. The van der Waals surface area contributed by atoms with Crippen LogP contribution in [0.2, 0.25) is 0 Å². The monoisotopic (exact) mass is 344 g/mol. The Morgan fingerprint density at radius 3 is 2.60 bits per heavy atom. The summed E-state index contributed by atoms with van der Waals surface area (Å²) in [6.07, 6.45) is 2.30. The third-order valence-electron chi connectivity index (χ3n) is 4.34. The first-order chi connectivity index (χ1) is 12.0. The van der Waals surface area contributed by atoms with Gasteiger partial charge in [0.25, 0.3) is 5.91 Å². The minimum atomic E-state index is -0.953. The molecule has 0 unspecified atom stereocenters. The third kappa shape index (κ3) is 4.03. The number of hydrogen-bond donors (Lipinski definition) is 2. The molecule has 8 heteroatoms. The second kappa shape index (κ2) is 7.02. The molecule has 1 aliphatic rings. The molecule has 1 aromatic carbocycles. The Balaban J connectivity index is 1.76. The van der Waals surface area contributed by atoms with Gasteiger partial charge in [-0.1, -0.05) is 22.9 Å². The fraction of sp³-hybridized carbons (Fsp3) is 0.412. The van der Waals surface area contributed by atoms with E-state index in [2.05, 4.69) is 15.6 Å². The number of nitrogens with zero attached hydrogens (tertiary/aromatic N) is 3. The molecule has 3 rings (SSSR count). The van der Waals surface area contributed by atoms with E-state index in [1.165, 1.54) is 10.9 Å². The molecule has 0 bridgehead atoms. The number of amides is 1. The maximum Gasteiger partial charge on any atom is 0.305 e. The number of ether oxygens (including phenoxy) is 1. The molecule has 132 valence electrons. The fourth-order valence-electron chi connectivity index (χ4n) is 2.89. The van der Waals surface area contributed by atoms with Crippen molar-refractivity contribution in [2.24, 2.45) is 0 Å². The summed E-state index contributed by atoms with van der Waals surface area (Å²) in [5, 5.41) is 19.9. The Kier molecular flexibility index (Phi) is 4.80. The van der Waals surface area contributed by atoms with Gasteiger partial charge in [0.1, 0.15) is 0 Å². The summed E-state index contributed by atoms with van der Waals surface area (Å²) in [5.74, 6) is -1.38. The van der Waals surface area contributed by atoms with Gasteiger partial charge in [-0.05, 0) is 31.9 Å². The van der Waals surface area contributed by atoms with Crippen LogP contribution in [-0.4, -0.2) is 50.7 Å². The summed E-state index contributed by atoms with van der Waals surface area (Å²) in [6, 6.07) is 7.66. The van der Waals surface area contributed by atoms with E-state index >= 15 is 0 Å². The van der Waals surface area contributed by atoms with E-state index in [0.717, 1.165) is 11.3 Å². The van der Waals surface area contributed by atoms with Gasteiger partial charge in [-0.2, -0.15) is 0 Å². The highest BCUT2D eigenvalue weighted by Crippen LogP contribution is 2.25. The first-order valence-electron chi connectivity index (χ1n) is 8.09. The standard InChI is InChI=1S/C17H20N4O4/c1-12-2-4-13(5-3-12)21-11-14(19-20-21)16(24)18-17(10-15(22)23)6-8-25-9-7-17/h2-5,11H,6-10H2,1H3,(H,18,24)(H,22,23). The van der Waals surface area contributed by atoms with E-state index in [-0.39, 0.29) is 12.1 Å². The van der Waals surface area contributed by atoms with E-state index in [1.54, 1.807) is 0 Å². The van der Waals surface area contributed by atoms with Crippen LogP contribution in [0.15, 0.2) is 30.5 Å². The Hall–Kier alpha value is -2.74. The van der Waals surface area contributed by atoms with E-state index in [1.807, 2.05) is 31.2 Å². The van der Waals surface area contributed by atoms with Crippen molar-refractivity contribution in [3.8, 4) is 5.69 Å². The number of hydrogen-bond acceptors (Lipinski definition) is 5. The summed E-state index contributed by atoms with van der Waals surface area (Å²) in [7, 11) is 0. The molecule has 2 aromatic rings. The van der Waals surface area contributed by atoms with Crippen molar-refractivity contribution >= 4 is 11.9 Å². The zero-order valence-corrected chi connectivity index (χ0v) is 13.9. The van der Waals surface area contributed by atoms with Gasteiger partial charge in [0, 0.05) is 13.2 Å². The lowest BCUT2D eigenvalue weighted by molar-refractivity contribution is -0.139. The summed E-state index contributed by atoms with van der Waals surface area (Å²) < 4.78 is 6.80. The molecule has 2 heterocycles. The molecular formula is C17H20N4O4. The van der Waals surface area contributed by atoms with Crippen molar-refractivity contribution in [1.29, 1.82) is 0 Å². The number of rotatable bonds is 5. The van der Waals surface area contributed by atoms with Crippen LogP contribution >= 0.6 is 0 Å². The number of benzene rings is 1. The Bertz CT molecular complexity index is 763. The highest BCUT2D eigenvalue weighted by atomic mass is 16.5. The van der Waals surface area contributed by atoms with Gasteiger partial charge in [-0.3, -0.25) is 9.59 Å². The molecular weight excluding hydrogens is 324 g/mol. The number of carboxylic acid groups (broad SMARTS) is 1. The highest BCUT2D eigenvalue weighted by Gasteiger charge is 2.37. The normalized spacial score (nSPS) is 16.4. The summed E-state index contributed by atoms with van der Waals surface area (Å²) in [6.45, 7) is 2.83. The molecule has 2 N–H and O–H groups in total. The molecule has 0 radical (unpaired) electrons.